The van der Waals surface area contributed by atoms with Gasteiger partial charge in [-0.1, -0.05) is 29.8 Å². The first kappa shape index (κ1) is 8.97. The number of nitrogens with two attached hydrogens (primary N) is 1. The summed E-state index contributed by atoms with van der Waals surface area (Å²) in [4.78, 5) is 15.2. The molecule has 0 fully saturated rings. The maximum absolute atomic E-state index is 11.1. The molecule has 70 valence electrons. The van der Waals surface area contributed by atoms with E-state index >= 15 is 0 Å². The van der Waals surface area contributed by atoms with Crippen LogP contribution in [0, 0.1) is 0 Å². The number of hydrogen-bond acceptors (Lipinski definition) is 2. The van der Waals surface area contributed by atoms with E-state index in [0.717, 1.165) is 5.39 Å². The minimum atomic E-state index is -0.495. The van der Waals surface area contributed by atoms with Crippen LogP contribution in [-0.4, -0.2) is 10.9 Å². The maximum atomic E-state index is 11.1. The lowest BCUT2D eigenvalue weighted by molar-refractivity contribution is 0.100. The molecule has 0 aliphatic heterocycles. The van der Waals surface area contributed by atoms with Crippen LogP contribution in [0.1, 0.15) is 10.4 Å². The Morgan fingerprint density at radius 3 is 2.79 bits per heavy atom. The molecule has 0 saturated carbocycles. The summed E-state index contributed by atoms with van der Waals surface area (Å²) in [6.45, 7) is 0. The molecule has 0 unspecified atom stereocenters. The third kappa shape index (κ3) is 1.42. The smallest absolute Gasteiger partial charge is 0.249 e. The van der Waals surface area contributed by atoms with Crippen LogP contribution >= 0.6 is 11.6 Å². The molecule has 14 heavy (non-hydrogen) atoms. The van der Waals surface area contributed by atoms with Gasteiger partial charge in [-0.3, -0.25) is 4.79 Å². The number of carbonyl (C=O) groups excluding carboxylic acids is 1. The van der Waals surface area contributed by atoms with Crippen molar-refractivity contribution in [3.63, 3.8) is 0 Å². The van der Waals surface area contributed by atoms with Gasteiger partial charge in [-0.05, 0) is 12.1 Å². The molecule has 0 radical (unpaired) electrons. The minimum Gasteiger partial charge on any atom is -0.366 e. The van der Waals surface area contributed by atoms with Gasteiger partial charge in [-0.25, -0.2) is 4.98 Å². The van der Waals surface area contributed by atoms with E-state index in [0.29, 0.717) is 11.1 Å². The van der Waals surface area contributed by atoms with Gasteiger partial charge in [0, 0.05) is 5.39 Å². The van der Waals surface area contributed by atoms with Crippen LogP contribution in [0.4, 0.5) is 0 Å². The summed E-state index contributed by atoms with van der Waals surface area (Å²) < 4.78 is 0. The number of aromatic nitrogens is 1. The van der Waals surface area contributed by atoms with Gasteiger partial charge in [0.25, 0.3) is 0 Å². The third-order valence-corrected chi connectivity index (χ3v) is 2.14. The molecule has 1 aromatic carbocycles. The van der Waals surface area contributed by atoms with Crippen molar-refractivity contribution < 1.29 is 4.79 Å². The van der Waals surface area contributed by atoms with Crippen LogP contribution in [0.3, 0.4) is 0 Å². The molecule has 2 N–H and O–H groups in total. The maximum Gasteiger partial charge on any atom is 0.249 e. The highest BCUT2D eigenvalue weighted by Crippen LogP contribution is 2.19. The molecule has 4 heteroatoms. The number of fused-ring (bicyclic) bond motifs is 1. The molecule has 2 rings (SSSR count). The predicted octanol–water partition coefficient (Wildman–Crippen LogP) is 1.99. The first-order chi connectivity index (χ1) is 6.68. The van der Waals surface area contributed by atoms with Crippen molar-refractivity contribution in [2.24, 2.45) is 5.73 Å². The SMILES string of the molecule is NC(=O)c1cc(Cl)nc2ccccc12. The topological polar surface area (TPSA) is 56.0 Å². The summed E-state index contributed by atoms with van der Waals surface area (Å²) in [5.74, 6) is -0.495. The second-order valence-corrected chi connectivity index (χ2v) is 3.26. The molecule has 0 spiro atoms. The Morgan fingerprint density at radius 2 is 2.07 bits per heavy atom. The molecule has 0 saturated heterocycles. The number of rotatable bonds is 1. The Labute approximate surface area is 85.5 Å². The van der Waals surface area contributed by atoms with E-state index in [9.17, 15) is 4.79 Å². The average molecular weight is 207 g/mol. The van der Waals surface area contributed by atoms with Gasteiger partial charge in [0.1, 0.15) is 5.15 Å². The Kier molecular flexibility index (Phi) is 2.09. The molecule has 1 amide bonds. The predicted molar refractivity (Wildman–Crippen MR) is 55.3 cm³/mol. The second kappa shape index (κ2) is 3.27. The highest BCUT2D eigenvalue weighted by Gasteiger charge is 2.08. The molecule has 1 aromatic heterocycles. The lowest BCUT2D eigenvalue weighted by Crippen LogP contribution is -2.11. The number of nitrogens with zero attached hydrogens (tertiary/aromatic N) is 1. The monoisotopic (exact) mass is 206 g/mol. The number of benzene rings is 1. The highest BCUT2D eigenvalue weighted by molar-refractivity contribution is 6.30. The zero-order valence-corrected chi connectivity index (χ0v) is 7.95. The van der Waals surface area contributed by atoms with E-state index in [1.807, 2.05) is 12.1 Å². The van der Waals surface area contributed by atoms with Crippen LogP contribution < -0.4 is 5.73 Å². The van der Waals surface area contributed by atoms with Crippen molar-refractivity contribution in [3.8, 4) is 0 Å². The van der Waals surface area contributed by atoms with Gasteiger partial charge in [0.05, 0.1) is 11.1 Å². The quantitative estimate of drug-likeness (QED) is 0.726. The molecule has 0 atom stereocenters. The third-order valence-electron chi connectivity index (χ3n) is 1.95. The van der Waals surface area contributed by atoms with Gasteiger partial charge in [0.2, 0.25) is 5.91 Å². The van der Waals surface area contributed by atoms with E-state index < -0.39 is 5.91 Å². The fourth-order valence-electron chi connectivity index (χ4n) is 1.35. The lowest BCUT2D eigenvalue weighted by atomic mass is 10.1. The fraction of sp³-hybridized carbons (Fsp3) is 0. The van der Waals surface area contributed by atoms with Gasteiger partial charge < -0.3 is 5.73 Å². The number of amides is 1. The molecule has 0 aliphatic carbocycles. The molecule has 1 heterocycles. The lowest BCUT2D eigenvalue weighted by Gasteiger charge is -2.02. The zero-order chi connectivity index (χ0) is 10.1. The second-order valence-electron chi connectivity index (χ2n) is 2.87. The summed E-state index contributed by atoms with van der Waals surface area (Å²) in [6.07, 6.45) is 0. The van der Waals surface area contributed by atoms with Gasteiger partial charge in [0.15, 0.2) is 0 Å². The van der Waals surface area contributed by atoms with E-state index in [4.69, 9.17) is 17.3 Å². The van der Waals surface area contributed by atoms with Crippen molar-refractivity contribution >= 4 is 28.4 Å². The van der Waals surface area contributed by atoms with E-state index in [-0.39, 0.29) is 5.15 Å². The van der Waals surface area contributed by atoms with E-state index in [1.165, 1.54) is 6.07 Å². The van der Waals surface area contributed by atoms with Crippen molar-refractivity contribution in [2.75, 3.05) is 0 Å². The first-order valence-electron chi connectivity index (χ1n) is 4.03. The number of carbonyl (C=O) groups is 1. The van der Waals surface area contributed by atoms with Crippen LogP contribution in [0.25, 0.3) is 10.9 Å². The van der Waals surface area contributed by atoms with Crippen LogP contribution in [0.2, 0.25) is 5.15 Å². The standard InChI is InChI=1S/C10H7ClN2O/c11-9-5-7(10(12)14)6-3-1-2-4-8(6)13-9/h1-5H,(H2,12,14). The Morgan fingerprint density at radius 1 is 1.36 bits per heavy atom. The molecule has 3 nitrogen and oxygen atoms in total. The van der Waals surface area contributed by atoms with Crippen molar-refractivity contribution in [2.45, 2.75) is 0 Å². The molecule has 0 bridgehead atoms. The summed E-state index contributed by atoms with van der Waals surface area (Å²) in [5.41, 5.74) is 6.30. The number of hydrogen-bond donors (Lipinski definition) is 1. The summed E-state index contributed by atoms with van der Waals surface area (Å²) in [6, 6.07) is 8.71. The fourth-order valence-corrected chi connectivity index (χ4v) is 1.55. The van der Waals surface area contributed by atoms with Gasteiger partial charge in [-0.15, -0.1) is 0 Å². The number of para-hydroxylation sites is 1. The van der Waals surface area contributed by atoms with Crippen molar-refractivity contribution in [1.29, 1.82) is 0 Å². The zero-order valence-electron chi connectivity index (χ0n) is 7.20. The Balaban J connectivity index is 2.87. The largest absolute Gasteiger partial charge is 0.366 e. The van der Waals surface area contributed by atoms with E-state index in [1.54, 1.807) is 12.1 Å². The molecule has 0 aliphatic rings. The normalized spacial score (nSPS) is 10.4. The summed E-state index contributed by atoms with van der Waals surface area (Å²) in [7, 11) is 0. The average Bonchev–Trinajstić information content (AvgIpc) is 2.16. The van der Waals surface area contributed by atoms with Crippen LogP contribution in [0.15, 0.2) is 30.3 Å². The highest BCUT2D eigenvalue weighted by atomic mass is 35.5. The summed E-state index contributed by atoms with van der Waals surface area (Å²) >= 11 is 5.75. The Hall–Kier alpha value is -1.61. The van der Waals surface area contributed by atoms with E-state index in [2.05, 4.69) is 4.98 Å². The molecular formula is C10H7ClN2O. The van der Waals surface area contributed by atoms with Crippen LogP contribution in [-0.2, 0) is 0 Å². The first-order valence-corrected chi connectivity index (χ1v) is 4.41. The van der Waals surface area contributed by atoms with Gasteiger partial charge >= 0.3 is 0 Å². The van der Waals surface area contributed by atoms with Crippen molar-refractivity contribution in [1.82, 2.24) is 4.98 Å². The minimum absolute atomic E-state index is 0.275. The molecule has 2 aromatic rings. The van der Waals surface area contributed by atoms with Gasteiger partial charge in [-0.2, -0.15) is 0 Å². The summed E-state index contributed by atoms with van der Waals surface area (Å²) in [5, 5.41) is 1.00. The Bertz CT molecular complexity index is 510. The molecular weight excluding hydrogens is 200 g/mol. The number of pyridine rings is 1. The number of halogens is 1. The van der Waals surface area contributed by atoms with Crippen molar-refractivity contribution in [3.05, 3.63) is 41.0 Å². The van der Waals surface area contributed by atoms with Crippen LogP contribution in [0.5, 0.6) is 0 Å². The number of primary amides is 1.